The summed E-state index contributed by atoms with van der Waals surface area (Å²) in [7, 11) is -0.0548. The molecular weight excluding hydrogens is 152 g/mol. The summed E-state index contributed by atoms with van der Waals surface area (Å²) in [4.78, 5) is 0. The van der Waals surface area contributed by atoms with Crippen molar-refractivity contribution < 1.29 is 4.74 Å². The summed E-state index contributed by atoms with van der Waals surface area (Å²) in [5.74, 6) is 1.24. The molecule has 0 saturated heterocycles. The third-order valence-corrected chi connectivity index (χ3v) is 4.11. The lowest BCUT2D eigenvalue weighted by Gasteiger charge is -2.25. The lowest BCUT2D eigenvalue weighted by atomic mass is 10.3. The fourth-order valence-electron chi connectivity index (χ4n) is 1.16. The minimum Gasteiger partial charge on any atom is -0.497 e. The van der Waals surface area contributed by atoms with Crippen LogP contribution in [0.5, 0.6) is 0 Å². The first-order valence-electron chi connectivity index (χ1n) is 4.52. The van der Waals surface area contributed by atoms with Crippen LogP contribution in [0.1, 0.15) is 33.1 Å². The zero-order chi connectivity index (χ0) is 8.32. The minimum absolute atomic E-state index is 0.0548. The van der Waals surface area contributed by atoms with Crippen LogP contribution in [-0.2, 0) is 4.74 Å². The molecule has 2 heteroatoms. The lowest BCUT2D eigenvalue weighted by molar-refractivity contribution is 0.102. The predicted molar refractivity (Wildman–Crippen MR) is 51.5 cm³/mol. The van der Waals surface area contributed by atoms with Gasteiger partial charge >= 0.3 is 0 Å². The first-order chi connectivity index (χ1) is 5.14. The van der Waals surface area contributed by atoms with Gasteiger partial charge in [0.1, 0.15) is 0 Å². The maximum atomic E-state index is 5.87. The van der Waals surface area contributed by atoms with Crippen LogP contribution in [0.4, 0.5) is 0 Å². The van der Waals surface area contributed by atoms with Crippen molar-refractivity contribution in [2.45, 2.75) is 44.9 Å². The second kappa shape index (κ2) is 3.44. The molecule has 0 radical (unpaired) electrons. The molecule has 0 saturated carbocycles. The first-order valence-corrected chi connectivity index (χ1v) is 6.64. The van der Waals surface area contributed by atoms with E-state index in [1.807, 2.05) is 0 Å². The van der Waals surface area contributed by atoms with Gasteiger partial charge in [0.25, 0.3) is 0 Å². The van der Waals surface area contributed by atoms with Gasteiger partial charge < -0.3 is 4.74 Å². The molecule has 0 amide bonds. The van der Waals surface area contributed by atoms with Crippen molar-refractivity contribution in [1.82, 2.24) is 0 Å². The van der Waals surface area contributed by atoms with E-state index in [0.29, 0.717) is 0 Å². The molecule has 0 bridgehead atoms. The van der Waals surface area contributed by atoms with Crippen LogP contribution in [-0.4, -0.2) is 14.7 Å². The molecule has 1 aliphatic rings. The van der Waals surface area contributed by atoms with Gasteiger partial charge in [-0.05, 0) is 32.8 Å². The highest BCUT2D eigenvalue weighted by Gasteiger charge is 2.19. The largest absolute Gasteiger partial charge is 0.497 e. The maximum Gasteiger partial charge on any atom is 0.0922 e. The molecule has 0 aliphatic heterocycles. The molecule has 0 aromatic rings. The van der Waals surface area contributed by atoms with Crippen LogP contribution < -0.4 is 0 Å². The second-order valence-electron chi connectivity index (χ2n) is 3.78. The molecule has 0 heterocycles. The molecule has 64 valence electrons. The standard InChI is InChI=1S/C9H18OSi/c1-9(2,11-3)10-8-6-4-5-7-8/h6H,4-5,7,11H2,1-3H3. The number of rotatable bonds is 3. The van der Waals surface area contributed by atoms with Gasteiger partial charge in [0.15, 0.2) is 0 Å². The Hall–Kier alpha value is -0.243. The summed E-state index contributed by atoms with van der Waals surface area (Å²) < 4.78 is 5.87. The number of hydrogen-bond donors (Lipinski definition) is 0. The zero-order valence-corrected chi connectivity index (χ0v) is 9.23. The summed E-state index contributed by atoms with van der Waals surface area (Å²) in [6.07, 6.45) is 5.91. The fraction of sp³-hybridized carbons (Fsp3) is 0.778. The Morgan fingerprint density at radius 3 is 2.73 bits per heavy atom. The fourth-order valence-corrected chi connectivity index (χ4v) is 1.49. The highest BCUT2D eigenvalue weighted by molar-refractivity contribution is 6.37. The van der Waals surface area contributed by atoms with Crippen LogP contribution in [0.2, 0.25) is 6.55 Å². The lowest BCUT2D eigenvalue weighted by Crippen LogP contribution is -2.29. The topological polar surface area (TPSA) is 9.23 Å². The normalized spacial score (nSPS) is 19.4. The van der Waals surface area contributed by atoms with Crippen molar-refractivity contribution in [1.29, 1.82) is 0 Å². The number of ether oxygens (including phenoxy) is 1. The zero-order valence-electron chi connectivity index (χ0n) is 7.81. The molecule has 1 rings (SSSR count). The summed E-state index contributed by atoms with van der Waals surface area (Å²) in [5.41, 5.74) is 0. The Morgan fingerprint density at radius 2 is 2.27 bits per heavy atom. The summed E-state index contributed by atoms with van der Waals surface area (Å²) in [5, 5.41) is 0.177. The Kier molecular flexibility index (Phi) is 2.76. The molecule has 0 spiro atoms. The van der Waals surface area contributed by atoms with Crippen molar-refractivity contribution in [3.63, 3.8) is 0 Å². The smallest absolute Gasteiger partial charge is 0.0922 e. The van der Waals surface area contributed by atoms with Gasteiger partial charge in [-0.3, -0.25) is 0 Å². The molecule has 1 nitrogen and oxygen atoms in total. The SMILES string of the molecule is C[SiH2]C(C)(C)OC1=CCCC1. The average Bonchev–Trinajstić information content (AvgIpc) is 2.39. The summed E-state index contributed by atoms with van der Waals surface area (Å²) in [6.45, 7) is 6.71. The van der Waals surface area contributed by atoms with Gasteiger partial charge in [-0.25, -0.2) is 0 Å². The van der Waals surface area contributed by atoms with E-state index in [-0.39, 0.29) is 14.7 Å². The highest BCUT2D eigenvalue weighted by atomic mass is 28.2. The minimum atomic E-state index is -0.0548. The third kappa shape index (κ3) is 2.70. The molecule has 0 aromatic heterocycles. The van der Waals surface area contributed by atoms with Gasteiger partial charge in [0, 0.05) is 6.42 Å². The Balaban J connectivity index is 2.40. The van der Waals surface area contributed by atoms with E-state index in [9.17, 15) is 0 Å². The van der Waals surface area contributed by atoms with Crippen LogP contribution in [0, 0.1) is 0 Å². The van der Waals surface area contributed by atoms with Crippen molar-refractivity contribution in [3.8, 4) is 0 Å². The molecule has 0 unspecified atom stereocenters. The summed E-state index contributed by atoms with van der Waals surface area (Å²) in [6, 6.07) is 0. The van der Waals surface area contributed by atoms with Gasteiger partial charge in [-0.15, -0.1) is 0 Å². The van der Waals surface area contributed by atoms with Gasteiger partial charge in [0.2, 0.25) is 0 Å². The van der Waals surface area contributed by atoms with Crippen LogP contribution >= 0.6 is 0 Å². The predicted octanol–water partition coefficient (Wildman–Crippen LogP) is 2.02. The molecule has 0 aromatic carbocycles. The third-order valence-electron chi connectivity index (χ3n) is 2.26. The van der Waals surface area contributed by atoms with E-state index in [4.69, 9.17) is 4.74 Å². The molecule has 1 aliphatic carbocycles. The van der Waals surface area contributed by atoms with Crippen LogP contribution in [0.3, 0.4) is 0 Å². The number of allylic oxidation sites excluding steroid dienone is 2. The van der Waals surface area contributed by atoms with E-state index in [1.54, 1.807) is 0 Å². The quantitative estimate of drug-likeness (QED) is 0.589. The van der Waals surface area contributed by atoms with Gasteiger partial charge in [0.05, 0.1) is 20.5 Å². The summed E-state index contributed by atoms with van der Waals surface area (Å²) >= 11 is 0. The molecule has 11 heavy (non-hydrogen) atoms. The van der Waals surface area contributed by atoms with E-state index in [2.05, 4.69) is 26.5 Å². The van der Waals surface area contributed by atoms with Crippen LogP contribution in [0.15, 0.2) is 11.8 Å². The second-order valence-corrected chi connectivity index (χ2v) is 6.19. The molecular formula is C9H18OSi. The molecule has 0 fully saturated rings. The Bertz CT molecular complexity index is 161. The van der Waals surface area contributed by atoms with Gasteiger partial charge in [-0.1, -0.05) is 6.55 Å². The average molecular weight is 170 g/mol. The Labute approximate surface area is 71.7 Å². The van der Waals surface area contributed by atoms with E-state index in [1.165, 1.54) is 18.6 Å². The van der Waals surface area contributed by atoms with Crippen molar-refractivity contribution in [2.75, 3.05) is 0 Å². The Morgan fingerprint density at radius 1 is 1.55 bits per heavy atom. The van der Waals surface area contributed by atoms with E-state index < -0.39 is 0 Å². The van der Waals surface area contributed by atoms with Crippen molar-refractivity contribution in [3.05, 3.63) is 11.8 Å². The van der Waals surface area contributed by atoms with Gasteiger partial charge in [-0.2, -0.15) is 0 Å². The monoisotopic (exact) mass is 170 g/mol. The molecule has 0 atom stereocenters. The van der Waals surface area contributed by atoms with Crippen molar-refractivity contribution in [2.24, 2.45) is 0 Å². The van der Waals surface area contributed by atoms with E-state index in [0.717, 1.165) is 6.42 Å². The maximum absolute atomic E-state index is 5.87. The first kappa shape index (κ1) is 8.85. The van der Waals surface area contributed by atoms with Crippen LogP contribution in [0.25, 0.3) is 0 Å². The van der Waals surface area contributed by atoms with Crippen molar-refractivity contribution >= 4 is 9.52 Å². The van der Waals surface area contributed by atoms with E-state index >= 15 is 0 Å². The number of hydrogen-bond acceptors (Lipinski definition) is 1. The molecule has 0 N–H and O–H groups in total. The highest BCUT2D eigenvalue weighted by Crippen LogP contribution is 2.23.